The molecule has 0 fully saturated rings. The highest BCUT2D eigenvalue weighted by atomic mass is 16.6. The maximum absolute atomic E-state index is 12.8. The zero-order chi connectivity index (χ0) is 44.9. The second-order valence-electron chi connectivity index (χ2n) is 18.4. The van der Waals surface area contributed by atoms with Crippen molar-refractivity contribution in [3.05, 3.63) is 36.5 Å². The molecule has 0 rings (SSSR count). The van der Waals surface area contributed by atoms with E-state index in [1.54, 1.807) is 0 Å². The van der Waals surface area contributed by atoms with Crippen LogP contribution in [0, 0.1) is 0 Å². The first-order valence-corrected chi connectivity index (χ1v) is 25.5. The van der Waals surface area contributed by atoms with Gasteiger partial charge in [-0.05, 0) is 70.6 Å². The zero-order valence-corrected chi connectivity index (χ0v) is 40.6. The number of rotatable bonds is 46. The van der Waals surface area contributed by atoms with Crippen molar-refractivity contribution in [3.63, 3.8) is 0 Å². The first-order chi connectivity index (χ1) is 29.6. The summed E-state index contributed by atoms with van der Waals surface area (Å²) in [5.74, 6) is -1.47. The van der Waals surface area contributed by atoms with Crippen molar-refractivity contribution in [2.24, 2.45) is 0 Å². The fraction of sp³-hybridized carbons (Fsp3) is 0.830. The fourth-order valence-corrected chi connectivity index (χ4v) is 7.53. The largest absolute Gasteiger partial charge is 0.477 e. The van der Waals surface area contributed by atoms with Gasteiger partial charge in [-0.3, -0.25) is 9.59 Å². The highest BCUT2D eigenvalue weighted by Gasteiger charge is 2.31. The zero-order valence-electron chi connectivity index (χ0n) is 40.6. The molecule has 2 atom stereocenters. The Labute approximate surface area is 376 Å². The lowest BCUT2D eigenvalue weighted by Crippen LogP contribution is -2.50. The molecule has 8 nitrogen and oxygen atoms in total. The van der Waals surface area contributed by atoms with E-state index in [0.717, 1.165) is 51.4 Å². The maximum atomic E-state index is 12.8. The minimum Gasteiger partial charge on any atom is -0.477 e. The summed E-state index contributed by atoms with van der Waals surface area (Å²) in [4.78, 5) is 37.1. The molecule has 356 valence electrons. The summed E-state index contributed by atoms with van der Waals surface area (Å²) < 4.78 is 17.3. The standard InChI is InChI=1S/C53H97NO7/c1-6-8-10-12-14-16-18-20-22-23-24-25-26-27-28-30-32-34-36-38-40-42-44-52(56)61-49(47-59-46-45-50(53(57)58)54(3,4)5)48-60-51(55)43-41-39-37-35-33-31-29-21-19-17-15-13-11-9-7-2/h17,19,23-24,26-27,49-50H,6-16,18,20-22,25,28-48H2,1-5H3/p+1/b19-17+,24-23+,27-26+. The summed E-state index contributed by atoms with van der Waals surface area (Å²) in [5.41, 5.74) is 0. The number of unbranched alkanes of at least 4 members (excludes halogenated alkanes) is 26. The number of likely N-dealkylation sites (N-methyl/N-ethyl adjacent to an activating group) is 1. The van der Waals surface area contributed by atoms with Crippen molar-refractivity contribution in [1.29, 1.82) is 0 Å². The minimum atomic E-state index is -0.875. The van der Waals surface area contributed by atoms with Crippen molar-refractivity contribution in [2.45, 2.75) is 244 Å². The Balaban J connectivity index is 4.25. The molecular formula is C53H98NO7+. The van der Waals surface area contributed by atoms with Gasteiger partial charge in [-0.25, -0.2) is 4.79 Å². The third-order valence-electron chi connectivity index (χ3n) is 11.5. The molecule has 61 heavy (non-hydrogen) atoms. The van der Waals surface area contributed by atoms with Crippen molar-refractivity contribution in [1.82, 2.24) is 0 Å². The van der Waals surface area contributed by atoms with Crippen LogP contribution in [0.1, 0.15) is 232 Å². The molecule has 0 spiro atoms. The summed E-state index contributed by atoms with van der Waals surface area (Å²) in [6.45, 7) is 4.73. The molecule has 0 aliphatic carbocycles. The molecular weight excluding hydrogens is 763 g/mol. The third kappa shape index (κ3) is 42.6. The second-order valence-corrected chi connectivity index (χ2v) is 18.4. The first kappa shape index (κ1) is 58.6. The molecule has 0 aromatic carbocycles. The van der Waals surface area contributed by atoms with Crippen LogP contribution < -0.4 is 0 Å². The van der Waals surface area contributed by atoms with E-state index in [-0.39, 0.29) is 36.2 Å². The third-order valence-corrected chi connectivity index (χ3v) is 11.5. The van der Waals surface area contributed by atoms with Crippen LogP contribution in [0.25, 0.3) is 0 Å². The molecule has 0 heterocycles. The van der Waals surface area contributed by atoms with Gasteiger partial charge in [0.2, 0.25) is 0 Å². The van der Waals surface area contributed by atoms with Gasteiger partial charge >= 0.3 is 17.9 Å². The quantitative estimate of drug-likeness (QED) is 0.0282. The molecule has 0 aromatic rings. The van der Waals surface area contributed by atoms with Crippen LogP contribution in [0.4, 0.5) is 0 Å². The molecule has 0 bridgehead atoms. The number of quaternary nitrogens is 1. The normalized spacial score (nSPS) is 13.1. The van der Waals surface area contributed by atoms with E-state index in [9.17, 15) is 19.5 Å². The Morgan fingerprint density at radius 1 is 0.492 bits per heavy atom. The fourth-order valence-electron chi connectivity index (χ4n) is 7.53. The van der Waals surface area contributed by atoms with Gasteiger partial charge < -0.3 is 23.8 Å². The molecule has 0 saturated heterocycles. The number of carboxylic acids is 1. The Hall–Kier alpha value is -2.45. The second kappa shape index (κ2) is 44.2. The van der Waals surface area contributed by atoms with Crippen LogP contribution in [0.2, 0.25) is 0 Å². The predicted molar refractivity (Wildman–Crippen MR) is 257 cm³/mol. The molecule has 1 N–H and O–H groups in total. The molecule has 0 aliphatic heterocycles. The van der Waals surface area contributed by atoms with Gasteiger partial charge in [-0.1, -0.05) is 179 Å². The lowest BCUT2D eigenvalue weighted by molar-refractivity contribution is -0.887. The number of hydrogen-bond donors (Lipinski definition) is 1. The van der Waals surface area contributed by atoms with Crippen LogP contribution in [-0.2, 0) is 28.6 Å². The number of esters is 2. The Kier molecular flexibility index (Phi) is 42.4. The van der Waals surface area contributed by atoms with E-state index in [1.165, 1.54) is 148 Å². The van der Waals surface area contributed by atoms with Gasteiger partial charge in [0, 0.05) is 19.3 Å². The van der Waals surface area contributed by atoms with Gasteiger partial charge in [0.05, 0.1) is 34.4 Å². The average Bonchev–Trinajstić information content (AvgIpc) is 3.22. The van der Waals surface area contributed by atoms with Crippen molar-refractivity contribution >= 4 is 17.9 Å². The molecule has 8 heteroatoms. The van der Waals surface area contributed by atoms with Crippen molar-refractivity contribution < 1.29 is 38.2 Å². The Morgan fingerprint density at radius 2 is 0.869 bits per heavy atom. The van der Waals surface area contributed by atoms with E-state index in [4.69, 9.17) is 14.2 Å². The number of nitrogens with zero attached hydrogens (tertiary/aromatic N) is 1. The lowest BCUT2D eigenvalue weighted by atomic mass is 10.1. The smallest absolute Gasteiger partial charge is 0.362 e. The topological polar surface area (TPSA) is 99.1 Å². The van der Waals surface area contributed by atoms with Gasteiger partial charge in [0.15, 0.2) is 12.1 Å². The van der Waals surface area contributed by atoms with Crippen molar-refractivity contribution in [3.8, 4) is 0 Å². The number of carbonyl (C=O) groups excluding carboxylic acids is 2. The van der Waals surface area contributed by atoms with E-state index < -0.39 is 18.1 Å². The lowest BCUT2D eigenvalue weighted by Gasteiger charge is -2.31. The number of carbonyl (C=O) groups is 3. The molecule has 0 aliphatic rings. The summed E-state index contributed by atoms with van der Waals surface area (Å²) in [6.07, 6.45) is 51.9. The number of aliphatic carboxylic acids is 1. The summed E-state index contributed by atoms with van der Waals surface area (Å²) in [5, 5.41) is 9.65. The van der Waals surface area contributed by atoms with Crippen molar-refractivity contribution in [2.75, 3.05) is 41.0 Å². The minimum absolute atomic E-state index is 0.0549. The monoisotopic (exact) mass is 861 g/mol. The summed E-state index contributed by atoms with van der Waals surface area (Å²) in [7, 11) is 5.53. The van der Waals surface area contributed by atoms with Crippen LogP contribution in [0.5, 0.6) is 0 Å². The van der Waals surface area contributed by atoms with Gasteiger partial charge in [-0.15, -0.1) is 0 Å². The number of ether oxygens (including phenoxy) is 3. The van der Waals surface area contributed by atoms with E-state index in [2.05, 4.69) is 50.3 Å². The highest BCUT2D eigenvalue weighted by molar-refractivity contribution is 5.72. The number of hydrogen-bond acceptors (Lipinski definition) is 6. The molecule has 0 amide bonds. The molecule has 0 radical (unpaired) electrons. The van der Waals surface area contributed by atoms with Crippen LogP contribution in [-0.4, -0.2) is 80.6 Å². The number of carboxylic acid groups (broad SMARTS) is 1. The molecule has 0 saturated carbocycles. The molecule has 0 aromatic heterocycles. The van der Waals surface area contributed by atoms with Crippen LogP contribution >= 0.6 is 0 Å². The van der Waals surface area contributed by atoms with E-state index in [1.807, 2.05) is 21.1 Å². The first-order valence-electron chi connectivity index (χ1n) is 25.5. The van der Waals surface area contributed by atoms with Gasteiger partial charge in [-0.2, -0.15) is 0 Å². The maximum Gasteiger partial charge on any atom is 0.362 e. The SMILES string of the molecule is CCCCCC/C=C/CCCCCCCCCC(=O)OCC(COCCC(C(=O)O)[N+](C)(C)C)OC(=O)CCCCCCCCC/C=C/C/C=C/CCCCCCCCCC. The summed E-state index contributed by atoms with van der Waals surface area (Å²) >= 11 is 0. The van der Waals surface area contributed by atoms with E-state index in [0.29, 0.717) is 19.3 Å². The van der Waals surface area contributed by atoms with E-state index >= 15 is 0 Å². The molecule has 2 unspecified atom stereocenters. The predicted octanol–water partition coefficient (Wildman–Crippen LogP) is 14.6. The van der Waals surface area contributed by atoms with Gasteiger partial charge in [0.1, 0.15) is 6.61 Å². The highest BCUT2D eigenvalue weighted by Crippen LogP contribution is 2.15. The average molecular weight is 861 g/mol. The summed E-state index contributed by atoms with van der Waals surface area (Å²) in [6, 6.07) is -0.616. The van der Waals surface area contributed by atoms with Crippen LogP contribution in [0.15, 0.2) is 36.5 Å². The van der Waals surface area contributed by atoms with Crippen LogP contribution in [0.3, 0.4) is 0 Å². The number of allylic oxidation sites excluding steroid dienone is 6. The Bertz CT molecular complexity index is 1090. The van der Waals surface area contributed by atoms with Gasteiger partial charge in [0.25, 0.3) is 0 Å². The Morgan fingerprint density at radius 3 is 1.30 bits per heavy atom.